The number of hydrogen-bond donors (Lipinski definition) is 17. The zero-order valence-electron chi connectivity index (χ0n) is 59.7. The zero-order chi connectivity index (χ0) is 81.4. The molecule has 6 heterocycles. The SMILES string of the molecule is COCC(COCOP(=O)(O)OCC(COCOP(=O)(O)OCCO[C@@H]1OC(CO)[C@H](O)[C@H](O)C1C)(COCOP(=O)(O)OCCO[C@@H]1OC(CO)[C@H](O)[C@H](O)C1NC(C)=O)COP(=O)(O)OCCO[C@@H]1OC(CO)[C@H](O)[C@H](O)C1C)COCOP(=O)(O)OC1C[C@H](n2cnc3c(N)ncnc32)O[C@@H]1COP(C)(=O)O. The molecule has 6 rings (SSSR count). The number of anilines is 1. The van der Waals surface area contributed by atoms with E-state index in [4.69, 9.17) is 112 Å². The van der Waals surface area contributed by atoms with Gasteiger partial charge >= 0.3 is 46.7 Å². The Kier molecular flexibility index (Phi) is 39.5. The van der Waals surface area contributed by atoms with Crippen molar-refractivity contribution < 1.29 is 214 Å². The number of aliphatic hydroxyl groups excluding tert-OH is 9. The summed E-state index contributed by atoms with van der Waals surface area (Å²) in [7, 11) is -29.1. The molecule has 1 amide bonds. The van der Waals surface area contributed by atoms with Crippen LogP contribution in [0.15, 0.2) is 12.7 Å². The number of fused-ring (bicyclic) bond motifs is 1. The molecule has 26 atom stereocenters. The first-order valence-electron chi connectivity index (χ1n) is 33.1. The van der Waals surface area contributed by atoms with Crippen LogP contribution in [0.1, 0.15) is 33.4 Å². The lowest BCUT2D eigenvalue weighted by Gasteiger charge is -2.42. The third kappa shape index (κ3) is 31.2. The van der Waals surface area contributed by atoms with Crippen LogP contribution in [0.5, 0.6) is 0 Å². The largest absolute Gasteiger partial charge is 0.474 e. The van der Waals surface area contributed by atoms with E-state index in [1.807, 2.05) is 0 Å². The summed E-state index contributed by atoms with van der Waals surface area (Å²) in [4.78, 5) is 87.8. The van der Waals surface area contributed by atoms with Crippen LogP contribution in [0.3, 0.4) is 0 Å². The molecule has 110 heavy (non-hydrogen) atoms. The first-order chi connectivity index (χ1) is 51.7. The number of amides is 1. The highest BCUT2D eigenvalue weighted by Gasteiger charge is 2.49. The summed E-state index contributed by atoms with van der Waals surface area (Å²) in [6.45, 7) is -12.3. The number of phosphoric acid groups is 5. The van der Waals surface area contributed by atoms with Gasteiger partial charge in [0.1, 0.15) is 79.0 Å². The number of rotatable bonds is 53. The first-order valence-corrected chi connectivity index (χ1v) is 42.6. The molecule has 640 valence electrons. The van der Waals surface area contributed by atoms with Gasteiger partial charge in [0, 0.05) is 44.9 Å². The van der Waals surface area contributed by atoms with Crippen molar-refractivity contribution in [3.8, 4) is 0 Å². The average Bonchev–Trinajstić information content (AvgIpc) is 1.62. The second kappa shape index (κ2) is 45.0. The number of carbonyl (C=O) groups excluding carboxylic acids is 1. The molecule has 4 aliphatic heterocycles. The van der Waals surface area contributed by atoms with Gasteiger partial charge in [0.15, 0.2) is 57.5 Å². The topological polar surface area (TPSA) is 717 Å². The number of imidazole rings is 1. The number of nitrogens with zero attached hydrogens (tertiary/aromatic N) is 4. The van der Waals surface area contributed by atoms with Crippen LogP contribution in [0.25, 0.3) is 11.2 Å². The van der Waals surface area contributed by atoms with E-state index in [1.165, 1.54) is 38.2 Å². The minimum absolute atomic E-state index is 0.0418. The van der Waals surface area contributed by atoms with E-state index in [2.05, 4.69) is 20.3 Å². The molecule has 0 aliphatic carbocycles. The Labute approximate surface area is 626 Å². The maximum atomic E-state index is 13.7. The highest BCUT2D eigenvalue weighted by molar-refractivity contribution is 7.52. The third-order valence-corrected chi connectivity index (χ3v) is 21.6. The summed E-state index contributed by atoms with van der Waals surface area (Å²) >= 11 is 0. The highest BCUT2D eigenvalue weighted by Crippen LogP contribution is 2.52. The van der Waals surface area contributed by atoms with Crippen LogP contribution in [-0.4, -0.2) is 346 Å². The van der Waals surface area contributed by atoms with Gasteiger partial charge in [-0.15, -0.1) is 0 Å². The van der Waals surface area contributed by atoms with Crippen LogP contribution in [0.2, 0.25) is 0 Å². The standard InChI is InChI=1S/C53H98N6O45P6/c1-30-42(64)44(66)35(13-60)101-50(30)87-6-9-90-106(72,73)94-22-53(20-85-28-97-107(74,75)91-10-7-88-51-31(2)43(65)45(67)36(14-61)102-51,21-86-29-98-108(76,77)92-11-8-89-52-40(58-32(3)63)47(69)46(68)37(15-62)103-52)23-95-109(78,79)96-26-83-17-33(16-82-4)18-84-27-99-110(80,81)104-34-12-39(100-38(34)19-93-105(5,70)71)59-25-57-41-48(54)55-24-56-49(41)59/h24-25,30-31,33-40,42-47,50-52,60-62,64-69H,6-23,26-29H2,1-5H3,(H,58,63)(H,70,71)(H,72,73)(H,74,75)(H,76,77)(H,78,79)(H,80,81)(H2,54,55,56)/t30?,31?,33?,34?,35?,36?,37?,38-,39-,40?,42-,43-,44+,45+,46+,47-,50-,51-,52-,53?/m1/s1. The molecule has 57 heteroatoms. The Balaban J connectivity index is 1.11. The predicted molar refractivity (Wildman–Crippen MR) is 356 cm³/mol. The lowest BCUT2D eigenvalue weighted by Crippen LogP contribution is -2.64. The van der Waals surface area contributed by atoms with Gasteiger partial charge in [-0.1, -0.05) is 13.8 Å². The average molecular weight is 1730 g/mol. The number of phosphoric ester groups is 5. The van der Waals surface area contributed by atoms with Crippen LogP contribution in [0.4, 0.5) is 5.82 Å². The van der Waals surface area contributed by atoms with Gasteiger partial charge in [-0.05, 0) is 0 Å². The van der Waals surface area contributed by atoms with Crippen molar-refractivity contribution in [3.63, 3.8) is 0 Å². The maximum absolute atomic E-state index is 13.7. The summed E-state index contributed by atoms with van der Waals surface area (Å²) in [6.07, 6.45) is -18.6. The Morgan fingerprint density at radius 1 is 0.555 bits per heavy atom. The van der Waals surface area contributed by atoms with Crippen molar-refractivity contribution in [2.24, 2.45) is 23.2 Å². The van der Waals surface area contributed by atoms with Crippen LogP contribution < -0.4 is 11.1 Å². The summed E-state index contributed by atoms with van der Waals surface area (Å²) in [5.41, 5.74) is 3.99. The number of aromatic nitrogens is 4. The molecule has 15 unspecified atom stereocenters. The van der Waals surface area contributed by atoms with Crippen molar-refractivity contribution in [1.82, 2.24) is 24.8 Å². The smallest absolute Gasteiger partial charge is 0.394 e. The molecule has 0 bridgehead atoms. The van der Waals surface area contributed by atoms with Gasteiger partial charge in [0.25, 0.3) is 0 Å². The lowest BCUT2D eigenvalue weighted by molar-refractivity contribution is -0.283. The number of aliphatic hydroxyl groups is 9. The normalized spacial score (nSPS) is 31.7. The van der Waals surface area contributed by atoms with Crippen molar-refractivity contribution >= 4 is 69.6 Å². The molecular weight excluding hydrogens is 1630 g/mol. The number of nitrogens with two attached hydrogens (primary N) is 1. The molecule has 0 radical (unpaired) electrons. The Bertz CT molecular complexity index is 3400. The number of hydrogen-bond acceptors (Lipinski definition) is 43. The molecule has 2 aromatic rings. The fourth-order valence-corrected chi connectivity index (χ4v) is 14.6. The fraction of sp³-hybridized carbons (Fsp3) is 0.887. The second-order valence-electron chi connectivity index (χ2n) is 25.0. The van der Waals surface area contributed by atoms with E-state index < -0.39 is 300 Å². The number of methoxy groups -OCH3 is 1. The Morgan fingerprint density at radius 2 is 0.991 bits per heavy atom. The van der Waals surface area contributed by atoms with Crippen molar-refractivity contribution in [2.75, 3.05) is 159 Å². The van der Waals surface area contributed by atoms with Crippen LogP contribution in [0, 0.1) is 23.2 Å². The molecule has 2 aromatic heterocycles. The maximum Gasteiger partial charge on any atom is 0.474 e. The molecule has 0 aromatic carbocycles. The molecule has 4 fully saturated rings. The monoisotopic (exact) mass is 1720 g/mol. The summed E-state index contributed by atoms with van der Waals surface area (Å²) in [5, 5.41) is 93.3. The highest BCUT2D eigenvalue weighted by atomic mass is 31.2. The van der Waals surface area contributed by atoms with Gasteiger partial charge in [0.05, 0.1) is 136 Å². The molecule has 4 saturated heterocycles. The van der Waals surface area contributed by atoms with E-state index >= 15 is 0 Å². The predicted octanol–water partition coefficient (Wildman–Crippen LogP) is -4.15. The minimum atomic E-state index is -5.47. The summed E-state index contributed by atoms with van der Waals surface area (Å²) < 4.78 is 202. The molecule has 4 aliphatic rings. The lowest BCUT2D eigenvalue weighted by atomic mass is 9.92. The van der Waals surface area contributed by atoms with Crippen LogP contribution in [-0.2, 0) is 139 Å². The van der Waals surface area contributed by atoms with E-state index in [9.17, 15) is 108 Å². The molecular formula is C53H98N6O45P6. The Hall–Kier alpha value is -2.32. The van der Waals surface area contributed by atoms with Crippen molar-refractivity contribution in [3.05, 3.63) is 12.7 Å². The first kappa shape index (κ1) is 96.5. The molecule has 51 nitrogen and oxygen atoms in total. The van der Waals surface area contributed by atoms with Gasteiger partial charge in [-0.2, -0.15) is 0 Å². The number of nitrogens with one attached hydrogen (secondary N) is 1. The minimum Gasteiger partial charge on any atom is -0.394 e. The second-order valence-corrected chi connectivity index (χ2v) is 34.1. The van der Waals surface area contributed by atoms with Crippen LogP contribution >= 0.6 is 46.7 Å². The van der Waals surface area contributed by atoms with Gasteiger partial charge in [-0.3, -0.25) is 59.2 Å². The molecule has 0 saturated carbocycles. The van der Waals surface area contributed by atoms with E-state index in [0.29, 0.717) is 0 Å². The molecule has 0 spiro atoms. The Morgan fingerprint density at radius 3 is 1.45 bits per heavy atom. The number of ether oxygens (including phenoxy) is 12. The van der Waals surface area contributed by atoms with E-state index in [0.717, 1.165) is 13.6 Å². The fourth-order valence-electron chi connectivity index (χ4n) is 10.6. The van der Waals surface area contributed by atoms with Gasteiger partial charge < -0.3 is 148 Å². The van der Waals surface area contributed by atoms with Crippen molar-refractivity contribution in [1.29, 1.82) is 0 Å². The summed E-state index contributed by atoms with van der Waals surface area (Å²) in [6, 6.07) is -1.42. The number of carbonyl (C=O) groups is 1. The van der Waals surface area contributed by atoms with Crippen molar-refractivity contribution in [2.45, 2.75) is 125 Å². The van der Waals surface area contributed by atoms with Gasteiger partial charge in [-0.25, -0.2) is 37.8 Å². The van der Waals surface area contributed by atoms with Gasteiger partial charge in [0.2, 0.25) is 5.91 Å². The number of nitrogen functional groups attached to an aromatic ring is 1. The zero-order valence-corrected chi connectivity index (χ0v) is 65.1. The van der Waals surface area contributed by atoms with E-state index in [1.54, 1.807) is 0 Å². The third-order valence-electron chi connectivity index (χ3n) is 16.3. The quantitative estimate of drug-likeness (QED) is 0.0170. The van der Waals surface area contributed by atoms with E-state index in [-0.39, 0.29) is 36.6 Å². The molecule has 18 N–H and O–H groups in total. The summed E-state index contributed by atoms with van der Waals surface area (Å²) in [5.74, 6) is -3.25.